The molecule has 12 heavy (non-hydrogen) atoms. The minimum Gasteiger partial charge on any atom is -0.304 e. The van der Waals surface area contributed by atoms with Gasteiger partial charge in [-0.1, -0.05) is 11.6 Å². The molecule has 0 aliphatic carbocycles. The lowest BCUT2D eigenvalue weighted by atomic mass is 10.5. The number of fused-ring (bicyclic) bond motifs is 1. The van der Waals surface area contributed by atoms with Crippen LogP contribution >= 0.6 is 50.1 Å². The molecular weight excluding hydrogens is 354 g/mol. The highest BCUT2D eigenvalue weighted by atomic mass is 127. The predicted molar refractivity (Wildman–Crippen MR) is 60.6 cm³/mol. The molecule has 0 amide bonds. The van der Waals surface area contributed by atoms with E-state index in [-0.39, 0.29) is 0 Å². The molecule has 5 heteroatoms. The largest absolute Gasteiger partial charge is 0.304 e. The fourth-order valence-electron chi connectivity index (χ4n) is 0.995. The molecule has 2 nitrogen and oxygen atoms in total. The molecule has 0 fully saturated rings. The van der Waals surface area contributed by atoms with Crippen LogP contribution in [-0.4, -0.2) is 9.38 Å². The summed E-state index contributed by atoms with van der Waals surface area (Å²) in [4.78, 5) is 4.27. The number of aromatic nitrogens is 2. The molecule has 62 valence electrons. The Morgan fingerprint density at radius 3 is 3.00 bits per heavy atom. The van der Waals surface area contributed by atoms with Crippen molar-refractivity contribution in [2.24, 2.45) is 0 Å². The summed E-state index contributed by atoms with van der Waals surface area (Å²) in [5.74, 6) is 0. The monoisotopic (exact) mass is 356 g/mol. The molecule has 2 heterocycles. The van der Waals surface area contributed by atoms with E-state index in [2.05, 4.69) is 43.5 Å². The van der Waals surface area contributed by atoms with E-state index in [1.807, 2.05) is 22.9 Å². The fourth-order valence-corrected chi connectivity index (χ4v) is 2.52. The van der Waals surface area contributed by atoms with Gasteiger partial charge in [-0.05, 0) is 44.6 Å². The van der Waals surface area contributed by atoms with E-state index in [9.17, 15) is 0 Å². The summed E-state index contributed by atoms with van der Waals surface area (Å²) in [6, 6.07) is 1.89. The van der Waals surface area contributed by atoms with Crippen molar-refractivity contribution in [2.75, 3.05) is 0 Å². The average molecular weight is 357 g/mol. The zero-order valence-corrected chi connectivity index (χ0v) is 10.3. The Morgan fingerprint density at radius 2 is 2.25 bits per heavy atom. The molecule has 0 saturated heterocycles. The van der Waals surface area contributed by atoms with Gasteiger partial charge in [0.15, 0.2) is 5.65 Å². The Hall–Kier alpha value is 0.190. The minimum atomic E-state index is 0.719. The van der Waals surface area contributed by atoms with E-state index in [0.717, 1.165) is 18.8 Å². The van der Waals surface area contributed by atoms with Crippen LogP contribution in [0.1, 0.15) is 0 Å². The molecule has 2 rings (SSSR count). The second-order valence-electron chi connectivity index (χ2n) is 2.30. The number of nitrogens with zero attached hydrogens (tertiary/aromatic N) is 2. The maximum Gasteiger partial charge on any atom is 0.151 e. The van der Waals surface area contributed by atoms with Crippen molar-refractivity contribution in [1.29, 1.82) is 0 Å². The summed E-state index contributed by atoms with van der Waals surface area (Å²) in [6.45, 7) is 0. The van der Waals surface area contributed by atoms with Gasteiger partial charge in [-0.3, -0.25) is 0 Å². The lowest BCUT2D eigenvalue weighted by Gasteiger charge is -1.96. The lowest BCUT2D eigenvalue weighted by molar-refractivity contribution is 1.18. The molecule has 0 saturated carbocycles. The molecule has 0 bridgehead atoms. The zero-order valence-electron chi connectivity index (χ0n) is 5.76. The van der Waals surface area contributed by atoms with Crippen LogP contribution in [0.5, 0.6) is 0 Å². The van der Waals surface area contributed by atoms with Gasteiger partial charge in [-0.2, -0.15) is 0 Å². The van der Waals surface area contributed by atoms with Gasteiger partial charge in [0, 0.05) is 12.4 Å². The van der Waals surface area contributed by atoms with Gasteiger partial charge >= 0.3 is 0 Å². The minimum absolute atomic E-state index is 0.719. The van der Waals surface area contributed by atoms with E-state index in [1.54, 1.807) is 0 Å². The molecule has 2 aromatic heterocycles. The third-order valence-corrected chi connectivity index (χ3v) is 2.83. The summed E-state index contributed by atoms with van der Waals surface area (Å²) in [5.41, 5.74) is 0.923. The third-order valence-electron chi connectivity index (χ3n) is 1.44. The number of imidazole rings is 1. The summed E-state index contributed by atoms with van der Waals surface area (Å²) in [5, 5.41) is 0.719. The summed E-state index contributed by atoms with van der Waals surface area (Å²) in [7, 11) is 0. The predicted octanol–water partition coefficient (Wildman–Crippen LogP) is 3.35. The van der Waals surface area contributed by atoms with Gasteiger partial charge in [0.2, 0.25) is 0 Å². The number of hydrogen-bond donors (Lipinski definition) is 0. The van der Waals surface area contributed by atoms with Crippen LogP contribution in [0, 0.1) is 3.57 Å². The second kappa shape index (κ2) is 3.16. The fraction of sp³-hybridized carbons (Fsp3) is 0. The lowest BCUT2D eigenvalue weighted by Crippen LogP contribution is -1.85. The van der Waals surface area contributed by atoms with Crippen molar-refractivity contribution >= 4 is 55.8 Å². The van der Waals surface area contributed by atoms with Gasteiger partial charge in [-0.25, -0.2) is 4.98 Å². The first-order valence-corrected chi connectivity index (χ1v) is 5.41. The number of halogens is 3. The van der Waals surface area contributed by atoms with E-state index < -0.39 is 0 Å². The quantitative estimate of drug-likeness (QED) is 0.661. The molecule has 0 atom stereocenters. The molecule has 0 aromatic carbocycles. The molecule has 2 aromatic rings. The molecule has 0 aliphatic heterocycles. The Balaban J connectivity index is 2.88. The first kappa shape index (κ1) is 8.77. The van der Waals surface area contributed by atoms with E-state index in [1.165, 1.54) is 0 Å². The SMILES string of the molecule is Clc1cc(I)c2nc(Br)cn2c1. The average Bonchev–Trinajstić information content (AvgIpc) is 2.29. The summed E-state index contributed by atoms with van der Waals surface area (Å²) < 4.78 is 3.77. The first-order chi connectivity index (χ1) is 5.66. The van der Waals surface area contributed by atoms with Crippen LogP contribution in [0.15, 0.2) is 23.1 Å². The van der Waals surface area contributed by atoms with Gasteiger partial charge in [0.1, 0.15) is 4.60 Å². The van der Waals surface area contributed by atoms with Gasteiger partial charge in [0.25, 0.3) is 0 Å². The van der Waals surface area contributed by atoms with Crippen molar-refractivity contribution in [2.45, 2.75) is 0 Å². The van der Waals surface area contributed by atoms with Crippen LogP contribution in [0.2, 0.25) is 5.02 Å². The highest BCUT2D eigenvalue weighted by Gasteiger charge is 2.03. The number of hydrogen-bond acceptors (Lipinski definition) is 1. The Labute approximate surface area is 96.2 Å². The van der Waals surface area contributed by atoms with Crippen LogP contribution in [0.4, 0.5) is 0 Å². The topological polar surface area (TPSA) is 17.3 Å². The van der Waals surface area contributed by atoms with Crippen molar-refractivity contribution in [3.8, 4) is 0 Å². The highest BCUT2D eigenvalue weighted by Crippen LogP contribution is 2.20. The first-order valence-electron chi connectivity index (χ1n) is 3.16. The molecule has 0 spiro atoms. The smallest absolute Gasteiger partial charge is 0.151 e. The molecule has 0 aliphatic rings. The summed E-state index contributed by atoms with van der Waals surface area (Å²) >= 11 is 11.4. The number of pyridine rings is 1. The van der Waals surface area contributed by atoms with Crippen molar-refractivity contribution in [3.05, 3.63) is 31.7 Å². The molecular formula is C7H3BrClIN2. The maximum absolute atomic E-state index is 5.86. The molecule has 0 unspecified atom stereocenters. The van der Waals surface area contributed by atoms with Crippen LogP contribution in [0.25, 0.3) is 5.65 Å². The third kappa shape index (κ3) is 1.47. The standard InChI is InChI=1S/C7H3BrClIN2/c8-6-3-12-2-4(9)1-5(10)7(12)11-6/h1-3H. The molecule has 0 radical (unpaired) electrons. The highest BCUT2D eigenvalue weighted by molar-refractivity contribution is 14.1. The molecule has 0 N–H and O–H groups in total. The van der Waals surface area contributed by atoms with Gasteiger partial charge in [-0.15, -0.1) is 0 Å². The normalized spacial score (nSPS) is 10.9. The zero-order chi connectivity index (χ0) is 8.72. The Kier molecular flexibility index (Phi) is 2.31. The van der Waals surface area contributed by atoms with Crippen molar-refractivity contribution < 1.29 is 0 Å². The van der Waals surface area contributed by atoms with Crippen LogP contribution in [0.3, 0.4) is 0 Å². The van der Waals surface area contributed by atoms with Gasteiger partial charge < -0.3 is 4.40 Å². The van der Waals surface area contributed by atoms with Crippen molar-refractivity contribution in [1.82, 2.24) is 9.38 Å². The number of rotatable bonds is 0. The Morgan fingerprint density at radius 1 is 1.50 bits per heavy atom. The van der Waals surface area contributed by atoms with E-state index in [0.29, 0.717) is 0 Å². The maximum atomic E-state index is 5.86. The second-order valence-corrected chi connectivity index (χ2v) is 4.71. The van der Waals surface area contributed by atoms with Gasteiger partial charge in [0.05, 0.1) is 8.59 Å². The van der Waals surface area contributed by atoms with Crippen molar-refractivity contribution in [3.63, 3.8) is 0 Å². The summed E-state index contributed by atoms with van der Waals surface area (Å²) in [6.07, 6.45) is 3.71. The Bertz CT molecular complexity index is 440. The van der Waals surface area contributed by atoms with E-state index >= 15 is 0 Å². The van der Waals surface area contributed by atoms with Crippen LogP contribution < -0.4 is 0 Å². The van der Waals surface area contributed by atoms with E-state index in [4.69, 9.17) is 11.6 Å². The van der Waals surface area contributed by atoms with Crippen LogP contribution in [-0.2, 0) is 0 Å².